The van der Waals surface area contributed by atoms with Gasteiger partial charge in [0, 0.05) is 24.4 Å². The molecule has 0 bridgehead atoms. The Bertz CT molecular complexity index is 770. The SMILES string of the molecule is C[C@@H](c1ccncn1)N(C)C(=O)c1cccc(C#CC(C)(C)O)c1. The zero-order valence-electron chi connectivity index (χ0n) is 14.3. The van der Waals surface area contributed by atoms with E-state index in [2.05, 4.69) is 21.8 Å². The Hall–Kier alpha value is -2.71. The van der Waals surface area contributed by atoms with Gasteiger partial charge >= 0.3 is 0 Å². The minimum Gasteiger partial charge on any atom is -0.378 e. The summed E-state index contributed by atoms with van der Waals surface area (Å²) in [5, 5.41) is 9.68. The van der Waals surface area contributed by atoms with E-state index in [1.807, 2.05) is 13.0 Å². The van der Waals surface area contributed by atoms with E-state index in [0.717, 1.165) is 5.69 Å². The fraction of sp³-hybridized carbons (Fsp3) is 0.316. The van der Waals surface area contributed by atoms with Crippen LogP contribution in [0.1, 0.15) is 48.4 Å². The molecule has 0 aliphatic heterocycles. The van der Waals surface area contributed by atoms with E-state index in [-0.39, 0.29) is 11.9 Å². The lowest BCUT2D eigenvalue weighted by molar-refractivity contribution is 0.0739. The van der Waals surface area contributed by atoms with Crippen LogP contribution in [-0.2, 0) is 0 Å². The molecule has 2 aromatic rings. The van der Waals surface area contributed by atoms with Crippen molar-refractivity contribution in [1.29, 1.82) is 0 Å². The highest BCUT2D eigenvalue weighted by Crippen LogP contribution is 2.18. The number of aromatic nitrogens is 2. The lowest BCUT2D eigenvalue weighted by atomic mass is 10.1. The highest BCUT2D eigenvalue weighted by Gasteiger charge is 2.19. The number of hydrogen-bond donors (Lipinski definition) is 1. The van der Waals surface area contributed by atoms with E-state index >= 15 is 0 Å². The molecule has 0 fully saturated rings. The van der Waals surface area contributed by atoms with Crippen LogP contribution < -0.4 is 0 Å². The molecule has 0 aliphatic carbocycles. The Kier molecular flexibility index (Phi) is 5.32. The normalized spacial score (nSPS) is 12.0. The molecule has 1 heterocycles. The van der Waals surface area contributed by atoms with Crippen molar-refractivity contribution in [1.82, 2.24) is 14.9 Å². The predicted octanol–water partition coefficient (Wildman–Crippen LogP) is 2.43. The van der Waals surface area contributed by atoms with Crippen LogP contribution in [-0.4, -0.2) is 38.5 Å². The number of aliphatic hydroxyl groups is 1. The molecule has 0 spiro atoms. The van der Waals surface area contributed by atoms with Crippen LogP contribution in [0.5, 0.6) is 0 Å². The summed E-state index contributed by atoms with van der Waals surface area (Å²) in [5.41, 5.74) is 0.934. The van der Waals surface area contributed by atoms with E-state index in [4.69, 9.17) is 0 Å². The predicted molar refractivity (Wildman–Crippen MR) is 92.2 cm³/mol. The van der Waals surface area contributed by atoms with Crippen LogP contribution in [0.15, 0.2) is 42.9 Å². The van der Waals surface area contributed by atoms with Crippen molar-refractivity contribution in [3.8, 4) is 11.8 Å². The molecule has 1 aromatic heterocycles. The molecule has 1 atom stereocenters. The first-order valence-corrected chi connectivity index (χ1v) is 7.66. The van der Waals surface area contributed by atoms with Gasteiger partial charge in [0.1, 0.15) is 11.9 Å². The molecule has 1 amide bonds. The van der Waals surface area contributed by atoms with Crippen molar-refractivity contribution in [2.75, 3.05) is 7.05 Å². The summed E-state index contributed by atoms with van der Waals surface area (Å²) in [6.45, 7) is 5.15. The fourth-order valence-electron chi connectivity index (χ4n) is 2.08. The molecule has 124 valence electrons. The van der Waals surface area contributed by atoms with Crippen molar-refractivity contribution < 1.29 is 9.90 Å². The Labute approximate surface area is 142 Å². The fourth-order valence-corrected chi connectivity index (χ4v) is 2.08. The van der Waals surface area contributed by atoms with Gasteiger partial charge < -0.3 is 10.0 Å². The standard InChI is InChI=1S/C19H21N3O2/c1-14(17-9-11-20-13-21-17)22(4)18(23)16-7-5-6-15(12-16)8-10-19(2,3)24/h5-7,9,11-14,24H,1-4H3/t14-/m0/s1. The van der Waals surface area contributed by atoms with Gasteiger partial charge in [-0.05, 0) is 45.0 Å². The summed E-state index contributed by atoms with van der Waals surface area (Å²) < 4.78 is 0. The number of benzene rings is 1. The number of nitrogens with zero attached hydrogens (tertiary/aromatic N) is 3. The van der Waals surface area contributed by atoms with Crippen molar-refractivity contribution in [2.24, 2.45) is 0 Å². The Morgan fingerprint density at radius 1 is 1.33 bits per heavy atom. The van der Waals surface area contributed by atoms with E-state index in [1.165, 1.54) is 6.33 Å². The molecule has 5 heteroatoms. The molecular formula is C19H21N3O2. The Morgan fingerprint density at radius 3 is 2.71 bits per heavy atom. The largest absolute Gasteiger partial charge is 0.378 e. The molecule has 1 aromatic carbocycles. The first kappa shape index (κ1) is 17.6. The zero-order valence-corrected chi connectivity index (χ0v) is 14.3. The van der Waals surface area contributed by atoms with Gasteiger partial charge in [0.2, 0.25) is 0 Å². The Morgan fingerprint density at radius 2 is 2.08 bits per heavy atom. The summed E-state index contributed by atoms with van der Waals surface area (Å²) in [7, 11) is 1.74. The van der Waals surface area contributed by atoms with E-state index in [0.29, 0.717) is 11.1 Å². The number of amides is 1. The van der Waals surface area contributed by atoms with Gasteiger partial charge in [-0.15, -0.1) is 0 Å². The number of carbonyl (C=O) groups excluding carboxylic acids is 1. The van der Waals surface area contributed by atoms with Gasteiger partial charge in [0.25, 0.3) is 5.91 Å². The molecule has 2 rings (SSSR count). The third kappa shape index (κ3) is 4.64. The second-order valence-electron chi connectivity index (χ2n) is 6.12. The van der Waals surface area contributed by atoms with Gasteiger partial charge in [-0.1, -0.05) is 17.9 Å². The Balaban J connectivity index is 2.21. The minimum atomic E-state index is -1.07. The third-order valence-corrected chi connectivity index (χ3v) is 3.56. The molecule has 0 aliphatic rings. The van der Waals surface area contributed by atoms with E-state index < -0.39 is 5.60 Å². The maximum absolute atomic E-state index is 12.7. The van der Waals surface area contributed by atoms with Gasteiger partial charge in [0.05, 0.1) is 11.7 Å². The van der Waals surface area contributed by atoms with E-state index in [1.54, 1.807) is 56.3 Å². The molecule has 0 unspecified atom stereocenters. The average molecular weight is 323 g/mol. The summed E-state index contributed by atoms with van der Waals surface area (Å²) in [4.78, 5) is 22.4. The van der Waals surface area contributed by atoms with Crippen LogP contribution in [0.4, 0.5) is 0 Å². The molecular weight excluding hydrogens is 302 g/mol. The van der Waals surface area contributed by atoms with Crippen molar-refractivity contribution in [3.63, 3.8) is 0 Å². The van der Waals surface area contributed by atoms with Crippen LogP contribution in [0, 0.1) is 11.8 Å². The number of carbonyl (C=O) groups is 1. The first-order valence-electron chi connectivity index (χ1n) is 7.66. The van der Waals surface area contributed by atoms with Crippen LogP contribution >= 0.6 is 0 Å². The van der Waals surface area contributed by atoms with Crippen molar-refractivity contribution in [2.45, 2.75) is 32.4 Å². The lowest BCUT2D eigenvalue weighted by Crippen LogP contribution is -2.30. The summed E-state index contributed by atoms with van der Waals surface area (Å²) in [6, 6.07) is 8.69. The lowest BCUT2D eigenvalue weighted by Gasteiger charge is -2.24. The molecule has 1 N–H and O–H groups in total. The molecule has 24 heavy (non-hydrogen) atoms. The summed E-state index contributed by atoms with van der Waals surface area (Å²) in [6.07, 6.45) is 3.13. The highest BCUT2D eigenvalue weighted by molar-refractivity contribution is 5.94. The van der Waals surface area contributed by atoms with Crippen LogP contribution in [0.2, 0.25) is 0 Å². The van der Waals surface area contributed by atoms with Gasteiger partial charge in [-0.3, -0.25) is 4.79 Å². The second-order valence-corrected chi connectivity index (χ2v) is 6.12. The number of hydrogen-bond acceptors (Lipinski definition) is 4. The van der Waals surface area contributed by atoms with Crippen molar-refractivity contribution >= 4 is 5.91 Å². The zero-order chi connectivity index (χ0) is 17.7. The molecule has 0 saturated heterocycles. The third-order valence-electron chi connectivity index (χ3n) is 3.56. The topological polar surface area (TPSA) is 66.3 Å². The number of rotatable bonds is 3. The monoisotopic (exact) mass is 323 g/mol. The minimum absolute atomic E-state index is 0.118. The van der Waals surface area contributed by atoms with Gasteiger partial charge in [-0.2, -0.15) is 0 Å². The van der Waals surface area contributed by atoms with Crippen molar-refractivity contribution in [3.05, 3.63) is 59.7 Å². The second kappa shape index (κ2) is 7.24. The maximum atomic E-state index is 12.7. The average Bonchev–Trinajstić information content (AvgIpc) is 2.58. The van der Waals surface area contributed by atoms with Crippen LogP contribution in [0.25, 0.3) is 0 Å². The quantitative estimate of drug-likeness (QED) is 0.881. The van der Waals surface area contributed by atoms with Gasteiger partial charge in [0.15, 0.2) is 0 Å². The molecule has 0 saturated carbocycles. The summed E-state index contributed by atoms with van der Waals surface area (Å²) in [5.74, 6) is 5.52. The molecule has 0 radical (unpaired) electrons. The van der Waals surface area contributed by atoms with E-state index in [9.17, 15) is 9.90 Å². The maximum Gasteiger partial charge on any atom is 0.254 e. The van der Waals surface area contributed by atoms with Crippen LogP contribution in [0.3, 0.4) is 0 Å². The highest BCUT2D eigenvalue weighted by atomic mass is 16.3. The molecule has 5 nitrogen and oxygen atoms in total. The smallest absolute Gasteiger partial charge is 0.254 e. The van der Waals surface area contributed by atoms with Gasteiger partial charge in [-0.25, -0.2) is 9.97 Å². The first-order chi connectivity index (χ1) is 11.3. The summed E-state index contributed by atoms with van der Waals surface area (Å²) >= 11 is 0.